The predicted molar refractivity (Wildman–Crippen MR) is 101 cm³/mol. The second-order valence-electron chi connectivity index (χ2n) is 6.18. The Hall–Kier alpha value is -2.41. The number of rotatable bonds is 3. The molecule has 0 radical (unpaired) electrons. The summed E-state index contributed by atoms with van der Waals surface area (Å²) in [5.74, 6) is -0.497. The van der Waals surface area contributed by atoms with Crippen LogP contribution in [0.5, 0.6) is 0 Å². The third-order valence-electron chi connectivity index (χ3n) is 4.31. The highest BCUT2D eigenvalue weighted by molar-refractivity contribution is 9.10. The number of carbonyl (C=O) groups excluding carboxylic acids is 2. The van der Waals surface area contributed by atoms with Crippen LogP contribution in [0.2, 0.25) is 0 Å². The topological polar surface area (TPSA) is 43.9 Å². The summed E-state index contributed by atoms with van der Waals surface area (Å²) in [6.07, 6.45) is 0. The van der Waals surface area contributed by atoms with Gasteiger partial charge < -0.3 is 14.7 Å². The Morgan fingerprint density at radius 1 is 1.19 bits per heavy atom. The van der Waals surface area contributed by atoms with Crippen molar-refractivity contribution in [2.24, 2.45) is 0 Å². The zero-order valence-corrected chi connectivity index (χ0v) is 15.9. The van der Waals surface area contributed by atoms with Gasteiger partial charge in [-0.2, -0.15) is 0 Å². The minimum atomic E-state index is -0.371. The van der Waals surface area contributed by atoms with Gasteiger partial charge in [0.05, 0.1) is 0 Å². The van der Waals surface area contributed by atoms with E-state index >= 15 is 0 Å². The second-order valence-corrected chi connectivity index (χ2v) is 7.09. The maximum absolute atomic E-state index is 14.0. The molecule has 0 atom stereocenters. The number of hydrogen-bond acceptors (Lipinski definition) is 2. The molecule has 26 heavy (non-hydrogen) atoms. The van der Waals surface area contributed by atoms with Crippen molar-refractivity contribution >= 4 is 33.6 Å². The molecule has 136 valence electrons. The maximum Gasteiger partial charge on any atom is 0.320 e. The van der Waals surface area contributed by atoms with Crippen molar-refractivity contribution in [1.29, 1.82) is 0 Å². The molecule has 1 fully saturated rings. The fourth-order valence-corrected chi connectivity index (χ4v) is 3.27. The molecule has 3 rings (SSSR count). The molecule has 5 nitrogen and oxygen atoms in total. The van der Waals surface area contributed by atoms with Crippen LogP contribution in [0.4, 0.5) is 14.9 Å². The van der Waals surface area contributed by atoms with E-state index in [4.69, 9.17) is 0 Å². The summed E-state index contributed by atoms with van der Waals surface area (Å²) in [6.45, 7) is 1.04. The Morgan fingerprint density at radius 2 is 1.92 bits per heavy atom. The normalized spacial score (nSPS) is 14.5. The number of hydrogen-bond donors (Lipinski definition) is 0. The van der Waals surface area contributed by atoms with Gasteiger partial charge in [-0.1, -0.05) is 40.2 Å². The molecule has 0 bridgehead atoms. The number of urea groups is 1. The molecule has 1 saturated heterocycles. The Labute approximate surface area is 160 Å². The van der Waals surface area contributed by atoms with E-state index in [0.29, 0.717) is 23.1 Å². The Balaban J connectivity index is 1.63. The number of halogens is 2. The van der Waals surface area contributed by atoms with E-state index in [-0.39, 0.29) is 30.8 Å². The quantitative estimate of drug-likeness (QED) is 0.763. The molecule has 0 saturated carbocycles. The summed E-state index contributed by atoms with van der Waals surface area (Å²) in [5, 5.41) is 0. The van der Waals surface area contributed by atoms with Gasteiger partial charge in [-0.05, 0) is 24.3 Å². The van der Waals surface area contributed by atoms with Crippen LogP contribution in [0.1, 0.15) is 5.56 Å². The van der Waals surface area contributed by atoms with E-state index in [1.807, 2.05) is 30.3 Å². The van der Waals surface area contributed by atoms with Crippen molar-refractivity contribution in [3.05, 3.63) is 64.4 Å². The van der Waals surface area contributed by atoms with E-state index in [9.17, 15) is 14.0 Å². The minimum Gasteiger partial charge on any atom is -0.323 e. The van der Waals surface area contributed by atoms with Gasteiger partial charge in [0, 0.05) is 42.4 Å². The molecule has 3 amide bonds. The van der Waals surface area contributed by atoms with E-state index < -0.39 is 0 Å². The zero-order valence-electron chi connectivity index (χ0n) is 14.4. The van der Waals surface area contributed by atoms with Crippen LogP contribution in [0, 0.1) is 5.82 Å². The summed E-state index contributed by atoms with van der Waals surface area (Å²) in [6, 6.07) is 13.9. The first-order chi connectivity index (χ1) is 12.5. The number of piperazine rings is 1. The predicted octanol–water partition coefficient (Wildman–Crippen LogP) is 3.49. The number of para-hydroxylation sites is 1. The smallest absolute Gasteiger partial charge is 0.320 e. The Kier molecular flexibility index (Phi) is 5.56. The van der Waals surface area contributed by atoms with Crippen molar-refractivity contribution < 1.29 is 14.0 Å². The molecule has 2 aromatic rings. The molecule has 1 aliphatic heterocycles. The molecule has 0 aromatic heterocycles. The molecule has 2 aromatic carbocycles. The van der Waals surface area contributed by atoms with E-state index in [0.717, 1.165) is 5.69 Å². The molecule has 0 aliphatic carbocycles. The van der Waals surface area contributed by atoms with Crippen LogP contribution in [0.15, 0.2) is 53.0 Å². The van der Waals surface area contributed by atoms with E-state index in [1.165, 1.54) is 15.9 Å². The van der Waals surface area contributed by atoms with Gasteiger partial charge in [0.15, 0.2) is 0 Å². The third-order valence-corrected chi connectivity index (χ3v) is 4.80. The van der Waals surface area contributed by atoms with Crippen molar-refractivity contribution in [3.8, 4) is 0 Å². The van der Waals surface area contributed by atoms with Gasteiger partial charge in [0.25, 0.3) is 0 Å². The molecule has 0 unspecified atom stereocenters. The average Bonchev–Trinajstić information content (AvgIpc) is 2.64. The lowest BCUT2D eigenvalue weighted by atomic mass is 10.2. The van der Waals surface area contributed by atoms with Gasteiger partial charge in [0.2, 0.25) is 5.91 Å². The molecule has 0 N–H and O–H groups in total. The van der Waals surface area contributed by atoms with Crippen LogP contribution in [-0.4, -0.2) is 48.4 Å². The van der Waals surface area contributed by atoms with Crippen molar-refractivity contribution in [1.82, 2.24) is 9.80 Å². The van der Waals surface area contributed by atoms with Crippen LogP contribution in [0.25, 0.3) is 0 Å². The van der Waals surface area contributed by atoms with Crippen molar-refractivity contribution in [2.75, 3.05) is 31.6 Å². The molecular weight excluding hydrogens is 401 g/mol. The van der Waals surface area contributed by atoms with Gasteiger partial charge in [-0.25, -0.2) is 9.18 Å². The van der Waals surface area contributed by atoms with Crippen molar-refractivity contribution in [3.63, 3.8) is 0 Å². The Morgan fingerprint density at radius 3 is 2.58 bits per heavy atom. The number of anilines is 1. The maximum atomic E-state index is 14.0. The van der Waals surface area contributed by atoms with Crippen LogP contribution < -0.4 is 4.90 Å². The van der Waals surface area contributed by atoms with E-state index in [2.05, 4.69) is 15.9 Å². The van der Waals surface area contributed by atoms with Gasteiger partial charge in [-0.15, -0.1) is 0 Å². The van der Waals surface area contributed by atoms with Crippen LogP contribution in [0.3, 0.4) is 0 Å². The monoisotopic (exact) mass is 419 g/mol. The largest absolute Gasteiger partial charge is 0.323 e. The molecule has 7 heteroatoms. The Bertz CT molecular complexity index is 816. The van der Waals surface area contributed by atoms with Gasteiger partial charge >= 0.3 is 6.03 Å². The SMILES string of the molecule is CN(Cc1ccc(Br)cc1F)C(=O)N1CCN(c2ccccc2)C(=O)C1. The lowest BCUT2D eigenvalue weighted by molar-refractivity contribution is -0.120. The fourth-order valence-electron chi connectivity index (χ4n) is 2.93. The third kappa shape index (κ3) is 4.04. The summed E-state index contributed by atoms with van der Waals surface area (Å²) in [7, 11) is 1.61. The molecular formula is C19H19BrFN3O2. The lowest BCUT2D eigenvalue weighted by Crippen LogP contribution is -2.55. The van der Waals surface area contributed by atoms with Gasteiger partial charge in [0.1, 0.15) is 12.4 Å². The standard InChI is InChI=1S/C19H19BrFN3O2/c1-22(12-14-7-8-15(20)11-17(14)21)19(26)23-9-10-24(18(25)13-23)16-5-3-2-4-6-16/h2-8,11H,9-10,12-13H2,1H3. The molecule has 1 heterocycles. The number of amides is 3. The van der Waals surface area contributed by atoms with E-state index in [1.54, 1.807) is 24.1 Å². The second kappa shape index (κ2) is 7.86. The highest BCUT2D eigenvalue weighted by Gasteiger charge is 2.29. The van der Waals surface area contributed by atoms with Crippen LogP contribution >= 0.6 is 15.9 Å². The zero-order chi connectivity index (χ0) is 18.7. The highest BCUT2D eigenvalue weighted by atomic mass is 79.9. The first-order valence-corrected chi connectivity index (χ1v) is 9.04. The molecule has 0 spiro atoms. The first kappa shape index (κ1) is 18.4. The number of nitrogens with zero attached hydrogens (tertiary/aromatic N) is 3. The van der Waals surface area contributed by atoms with Crippen LogP contribution in [-0.2, 0) is 11.3 Å². The summed E-state index contributed by atoms with van der Waals surface area (Å²) < 4.78 is 14.6. The minimum absolute atomic E-state index is 0.0148. The van der Waals surface area contributed by atoms with Gasteiger partial charge in [-0.3, -0.25) is 4.79 Å². The number of benzene rings is 2. The summed E-state index contributed by atoms with van der Waals surface area (Å²) in [4.78, 5) is 29.7. The first-order valence-electron chi connectivity index (χ1n) is 8.25. The lowest BCUT2D eigenvalue weighted by Gasteiger charge is -2.36. The summed E-state index contributed by atoms with van der Waals surface area (Å²) in [5.41, 5.74) is 1.26. The highest BCUT2D eigenvalue weighted by Crippen LogP contribution is 2.19. The fraction of sp³-hybridized carbons (Fsp3) is 0.263. The number of carbonyl (C=O) groups is 2. The molecule has 1 aliphatic rings. The summed E-state index contributed by atoms with van der Waals surface area (Å²) >= 11 is 3.21. The van der Waals surface area contributed by atoms with Crippen molar-refractivity contribution in [2.45, 2.75) is 6.54 Å². The average molecular weight is 420 g/mol.